The van der Waals surface area contributed by atoms with Crippen molar-refractivity contribution in [1.82, 2.24) is 15.5 Å². The first-order chi connectivity index (χ1) is 12.8. The number of rotatable bonds is 5. The quantitative estimate of drug-likeness (QED) is 0.820. The number of aromatic nitrogens is 2. The van der Waals surface area contributed by atoms with E-state index in [1.165, 1.54) is 22.5 Å². The maximum absolute atomic E-state index is 12.3. The van der Waals surface area contributed by atoms with E-state index in [2.05, 4.69) is 33.0 Å². The van der Waals surface area contributed by atoms with Crippen molar-refractivity contribution >= 4 is 28.3 Å². The van der Waals surface area contributed by atoms with Gasteiger partial charge in [-0.2, -0.15) is 0 Å². The molecule has 0 aliphatic heterocycles. The van der Waals surface area contributed by atoms with E-state index in [1.54, 1.807) is 0 Å². The summed E-state index contributed by atoms with van der Waals surface area (Å²) in [6.45, 7) is 6.15. The largest absolute Gasteiger partial charge is 0.349 e. The SMILES string of the molecule is CC(C)(C)c1nnc(NC(=O)CCC(=O)N[C@@H]2CCCc3ccccc32)s1. The van der Waals surface area contributed by atoms with Gasteiger partial charge in [0.1, 0.15) is 5.01 Å². The summed E-state index contributed by atoms with van der Waals surface area (Å²) in [7, 11) is 0. The Bertz CT molecular complexity index is 825. The zero-order chi connectivity index (χ0) is 19.4. The first-order valence-corrected chi connectivity index (χ1v) is 10.2. The summed E-state index contributed by atoms with van der Waals surface area (Å²) < 4.78 is 0. The predicted molar refractivity (Wildman–Crippen MR) is 107 cm³/mol. The number of fused-ring (bicyclic) bond motifs is 1. The van der Waals surface area contributed by atoms with Crippen molar-refractivity contribution in [2.75, 3.05) is 5.32 Å². The molecule has 1 aliphatic rings. The number of carbonyl (C=O) groups is 2. The van der Waals surface area contributed by atoms with Gasteiger partial charge >= 0.3 is 0 Å². The monoisotopic (exact) mass is 386 g/mol. The van der Waals surface area contributed by atoms with Crippen LogP contribution in [0.15, 0.2) is 24.3 Å². The second-order valence-corrected chi connectivity index (χ2v) is 8.90. The van der Waals surface area contributed by atoms with Crippen molar-refractivity contribution in [3.63, 3.8) is 0 Å². The number of hydrogen-bond acceptors (Lipinski definition) is 5. The second-order valence-electron chi connectivity index (χ2n) is 7.92. The van der Waals surface area contributed by atoms with Gasteiger partial charge < -0.3 is 10.6 Å². The Hall–Kier alpha value is -2.28. The Kier molecular flexibility index (Phi) is 5.89. The lowest BCUT2D eigenvalue weighted by Gasteiger charge is -2.26. The van der Waals surface area contributed by atoms with E-state index in [0.29, 0.717) is 5.13 Å². The average Bonchev–Trinajstić information content (AvgIpc) is 3.09. The van der Waals surface area contributed by atoms with Gasteiger partial charge in [0.05, 0.1) is 6.04 Å². The molecule has 1 aromatic carbocycles. The summed E-state index contributed by atoms with van der Waals surface area (Å²) in [5.41, 5.74) is 2.40. The molecule has 1 heterocycles. The number of nitrogens with one attached hydrogen (secondary N) is 2. The molecule has 0 saturated heterocycles. The standard InChI is InChI=1S/C20H26N4O2S/c1-20(2,3)18-23-24-19(27-18)22-17(26)12-11-16(25)21-15-10-6-8-13-7-4-5-9-14(13)15/h4-5,7,9,15H,6,8,10-12H2,1-3H3,(H,21,25)(H,22,24,26)/t15-/m1/s1. The van der Waals surface area contributed by atoms with Crippen molar-refractivity contribution in [1.29, 1.82) is 0 Å². The third-order valence-electron chi connectivity index (χ3n) is 4.60. The van der Waals surface area contributed by atoms with E-state index in [-0.39, 0.29) is 36.1 Å². The summed E-state index contributed by atoms with van der Waals surface area (Å²) in [5.74, 6) is -0.315. The lowest BCUT2D eigenvalue weighted by Crippen LogP contribution is -2.31. The van der Waals surface area contributed by atoms with Crippen molar-refractivity contribution in [2.45, 2.75) is 64.3 Å². The van der Waals surface area contributed by atoms with E-state index >= 15 is 0 Å². The van der Waals surface area contributed by atoms with Crippen LogP contribution in [0.4, 0.5) is 5.13 Å². The van der Waals surface area contributed by atoms with Gasteiger partial charge in [0.15, 0.2) is 0 Å². The summed E-state index contributed by atoms with van der Waals surface area (Å²) >= 11 is 1.37. The Morgan fingerprint density at radius 1 is 1.15 bits per heavy atom. The minimum atomic E-state index is -0.217. The maximum Gasteiger partial charge on any atom is 0.226 e. The molecule has 0 fully saturated rings. The fourth-order valence-electron chi connectivity index (χ4n) is 3.16. The molecule has 0 spiro atoms. The van der Waals surface area contributed by atoms with E-state index in [9.17, 15) is 9.59 Å². The normalized spacial score (nSPS) is 16.5. The third kappa shape index (κ3) is 5.13. The molecule has 0 saturated carbocycles. The highest BCUT2D eigenvalue weighted by Crippen LogP contribution is 2.30. The van der Waals surface area contributed by atoms with Crippen molar-refractivity contribution in [3.05, 3.63) is 40.4 Å². The molecule has 144 valence electrons. The van der Waals surface area contributed by atoms with Gasteiger partial charge in [0.25, 0.3) is 0 Å². The molecule has 7 heteroatoms. The Morgan fingerprint density at radius 2 is 1.89 bits per heavy atom. The van der Waals surface area contributed by atoms with Gasteiger partial charge in [-0.05, 0) is 30.4 Å². The number of anilines is 1. The minimum absolute atomic E-state index is 0.0445. The van der Waals surface area contributed by atoms with Crippen LogP contribution < -0.4 is 10.6 Å². The Morgan fingerprint density at radius 3 is 2.63 bits per heavy atom. The molecule has 2 aromatic rings. The van der Waals surface area contributed by atoms with Gasteiger partial charge in [-0.3, -0.25) is 9.59 Å². The highest BCUT2D eigenvalue weighted by Gasteiger charge is 2.22. The summed E-state index contributed by atoms with van der Waals surface area (Å²) in [6.07, 6.45) is 3.36. The number of benzene rings is 1. The first kappa shape index (κ1) is 19.5. The van der Waals surface area contributed by atoms with E-state index in [1.807, 2.05) is 32.9 Å². The van der Waals surface area contributed by atoms with Gasteiger partial charge in [0.2, 0.25) is 16.9 Å². The highest BCUT2D eigenvalue weighted by molar-refractivity contribution is 7.15. The van der Waals surface area contributed by atoms with E-state index in [4.69, 9.17) is 0 Å². The molecular formula is C20H26N4O2S. The molecular weight excluding hydrogens is 360 g/mol. The number of aryl methyl sites for hydroxylation is 1. The van der Waals surface area contributed by atoms with Crippen LogP contribution in [0.3, 0.4) is 0 Å². The molecule has 1 aromatic heterocycles. The van der Waals surface area contributed by atoms with Crippen LogP contribution in [-0.4, -0.2) is 22.0 Å². The number of hydrogen-bond donors (Lipinski definition) is 2. The van der Waals surface area contributed by atoms with Crippen LogP contribution in [0.25, 0.3) is 0 Å². The molecule has 3 rings (SSSR count). The van der Waals surface area contributed by atoms with Crippen LogP contribution in [0.5, 0.6) is 0 Å². The van der Waals surface area contributed by atoms with Crippen LogP contribution >= 0.6 is 11.3 Å². The van der Waals surface area contributed by atoms with Crippen molar-refractivity contribution in [2.24, 2.45) is 0 Å². The van der Waals surface area contributed by atoms with Crippen LogP contribution in [0, 0.1) is 0 Å². The summed E-state index contributed by atoms with van der Waals surface area (Å²) in [4.78, 5) is 24.4. The number of amides is 2. The summed E-state index contributed by atoms with van der Waals surface area (Å²) in [5, 5.41) is 15.3. The minimum Gasteiger partial charge on any atom is -0.349 e. The Labute approximate surface area is 163 Å². The molecule has 0 bridgehead atoms. The average molecular weight is 387 g/mol. The zero-order valence-corrected chi connectivity index (χ0v) is 16.9. The lowest BCUT2D eigenvalue weighted by molar-refractivity contribution is -0.125. The number of carbonyl (C=O) groups excluding carboxylic acids is 2. The molecule has 0 unspecified atom stereocenters. The van der Waals surface area contributed by atoms with Gasteiger partial charge in [-0.25, -0.2) is 0 Å². The molecule has 0 radical (unpaired) electrons. The lowest BCUT2D eigenvalue weighted by atomic mass is 9.87. The molecule has 1 atom stereocenters. The number of nitrogens with zero attached hydrogens (tertiary/aromatic N) is 2. The third-order valence-corrected chi connectivity index (χ3v) is 5.86. The highest BCUT2D eigenvalue weighted by atomic mass is 32.1. The van der Waals surface area contributed by atoms with Crippen molar-refractivity contribution in [3.8, 4) is 0 Å². The predicted octanol–water partition coefficient (Wildman–Crippen LogP) is 3.75. The van der Waals surface area contributed by atoms with Crippen LogP contribution in [-0.2, 0) is 21.4 Å². The maximum atomic E-state index is 12.3. The van der Waals surface area contributed by atoms with Gasteiger partial charge in [-0.15, -0.1) is 10.2 Å². The smallest absolute Gasteiger partial charge is 0.226 e. The molecule has 2 amide bonds. The zero-order valence-electron chi connectivity index (χ0n) is 16.0. The first-order valence-electron chi connectivity index (χ1n) is 9.34. The van der Waals surface area contributed by atoms with Crippen LogP contribution in [0.2, 0.25) is 0 Å². The topological polar surface area (TPSA) is 84.0 Å². The Balaban J connectivity index is 1.48. The molecule has 2 N–H and O–H groups in total. The van der Waals surface area contributed by atoms with Gasteiger partial charge in [0, 0.05) is 18.3 Å². The second kappa shape index (κ2) is 8.17. The van der Waals surface area contributed by atoms with Crippen LogP contribution in [0.1, 0.15) is 68.6 Å². The molecule has 6 nitrogen and oxygen atoms in total. The fraction of sp³-hybridized carbons (Fsp3) is 0.500. The fourth-order valence-corrected chi connectivity index (χ4v) is 3.97. The summed E-state index contributed by atoms with van der Waals surface area (Å²) in [6, 6.07) is 8.28. The van der Waals surface area contributed by atoms with Crippen molar-refractivity contribution < 1.29 is 9.59 Å². The van der Waals surface area contributed by atoms with E-state index < -0.39 is 0 Å². The molecule has 1 aliphatic carbocycles. The van der Waals surface area contributed by atoms with Gasteiger partial charge in [-0.1, -0.05) is 56.4 Å². The molecule has 27 heavy (non-hydrogen) atoms. The van der Waals surface area contributed by atoms with E-state index in [0.717, 1.165) is 24.3 Å².